The van der Waals surface area contributed by atoms with E-state index in [1.807, 2.05) is 6.92 Å². The van der Waals surface area contributed by atoms with E-state index in [9.17, 15) is 5.11 Å². The largest absolute Gasteiger partial charge is 0.495 e. The molecule has 2 aromatic rings. The molecule has 1 aromatic heterocycles. The van der Waals surface area contributed by atoms with Gasteiger partial charge in [-0.3, -0.25) is 0 Å². The number of aryl methyl sites for hydroxylation is 1. The Labute approximate surface area is 108 Å². The molecule has 0 amide bonds. The molecule has 1 heterocycles. The van der Waals surface area contributed by atoms with Crippen LogP contribution in [0.4, 0.5) is 0 Å². The first-order chi connectivity index (χ1) is 8.13. The third kappa shape index (κ3) is 2.41. The fourth-order valence-corrected chi connectivity index (χ4v) is 2.34. The monoisotopic (exact) mass is 270 g/mol. The van der Waals surface area contributed by atoms with Gasteiger partial charge in [-0.15, -0.1) is 5.10 Å². The van der Waals surface area contributed by atoms with E-state index in [-0.39, 0.29) is 0 Å². The summed E-state index contributed by atoms with van der Waals surface area (Å²) in [5.41, 5.74) is 1.44. The van der Waals surface area contributed by atoms with Crippen molar-refractivity contribution in [1.29, 1.82) is 0 Å². The SMILES string of the molecule is COc1cc(C(O)c2snnc2C)ccc1Cl. The lowest BCUT2D eigenvalue weighted by Gasteiger charge is -2.11. The fraction of sp³-hybridized carbons (Fsp3) is 0.273. The second-order valence-electron chi connectivity index (χ2n) is 3.52. The Bertz CT molecular complexity index is 530. The maximum absolute atomic E-state index is 10.2. The van der Waals surface area contributed by atoms with E-state index in [0.29, 0.717) is 16.3 Å². The predicted octanol–water partition coefficient (Wildman–Crippen LogP) is 2.59. The van der Waals surface area contributed by atoms with Gasteiger partial charge in [-0.1, -0.05) is 22.2 Å². The van der Waals surface area contributed by atoms with E-state index in [2.05, 4.69) is 9.59 Å². The zero-order chi connectivity index (χ0) is 12.4. The molecule has 4 nitrogen and oxygen atoms in total. The lowest BCUT2D eigenvalue weighted by atomic mass is 10.1. The van der Waals surface area contributed by atoms with Crippen LogP contribution in [0.2, 0.25) is 5.02 Å². The van der Waals surface area contributed by atoms with Crippen LogP contribution in [0.3, 0.4) is 0 Å². The quantitative estimate of drug-likeness (QED) is 0.931. The normalized spacial score (nSPS) is 12.5. The van der Waals surface area contributed by atoms with E-state index < -0.39 is 6.10 Å². The molecule has 0 bridgehead atoms. The summed E-state index contributed by atoms with van der Waals surface area (Å²) in [7, 11) is 1.54. The minimum absolute atomic E-state index is 0.516. The molecule has 1 unspecified atom stereocenters. The van der Waals surface area contributed by atoms with Crippen LogP contribution in [-0.2, 0) is 0 Å². The number of benzene rings is 1. The van der Waals surface area contributed by atoms with Crippen molar-refractivity contribution in [2.75, 3.05) is 7.11 Å². The summed E-state index contributed by atoms with van der Waals surface area (Å²) in [5.74, 6) is 0.540. The smallest absolute Gasteiger partial charge is 0.137 e. The van der Waals surface area contributed by atoms with Gasteiger partial charge in [-0.05, 0) is 36.2 Å². The second-order valence-corrected chi connectivity index (χ2v) is 4.71. The van der Waals surface area contributed by atoms with E-state index in [4.69, 9.17) is 16.3 Å². The molecule has 0 spiro atoms. The van der Waals surface area contributed by atoms with Gasteiger partial charge in [0.05, 0.1) is 22.7 Å². The number of nitrogens with zero attached hydrogens (tertiary/aromatic N) is 2. The van der Waals surface area contributed by atoms with Gasteiger partial charge in [0.25, 0.3) is 0 Å². The minimum Gasteiger partial charge on any atom is -0.495 e. The molecular weight excluding hydrogens is 260 g/mol. The predicted molar refractivity (Wildman–Crippen MR) is 66.7 cm³/mol. The summed E-state index contributed by atoms with van der Waals surface area (Å²) in [6.45, 7) is 1.81. The van der Waals surface area contributed by atoms with E-state index in [1.165, 1.54) is 18.6 Å². The number of ether oxygens (including phenoxy) is 1. The first-order valence-corrected chi connectivity index (χ1v) is 6.09. The van der Waals surface area contributed by atoms with Gasteiger partial charge in [-0.25, -0.2) is 0 Å². The molecule has 1 aromatic carbocycles. The summed E-state index contributed by atoms with van der Waals surface area (Å²) in [6, 6.07) is 5.17. The molecule has 0 saturated carbocycles. The highest BCUT2D eigenvalue weighted by Crippen LogP contribution is 2.32. The molecule has 17 heavy (non-hydrogen) atoms. The highest BCUT2D eigenvalue weighted by Gasteiger charge is 2.17. The van der Waals surface area contributed by atoms with Crippen molar-refractivity contribution < 1.29 is 9.84 Å². The van der Waals surface area contributed by atoms with Gasteiger partial charge >= 0.3 is 0 Å². The number of aliphatic hydroxyl groups excluding tert-OH is 1. The zero-order valence-electron chi connectivity index (χ0n) is 9.35. The molecule has 0 radical (unpaired) electrons. The van der Waals surface area contributed by atoms with Crippen LogP contribution in [-0.4, -0.2) is 21.8 Å². The third-order valence-electron chi connectivity index (χ3n) is 2.43. The Hall–Kier alpha value is -1.17. The molecule has 0 fully saturated rings. The van der Waals surface area contributed by atoms with Gasteiger partial charge in [0, 0.05) is 0 Å². The van der Waals surface area contributed by atoms with E-state index in [1.54, 1.807) is 18.2 Å². The maximum atomic E-state index is 10.2. The summed E-state index contributed by atoms with van der Waals surface area (Å²) in [5, 5.41) is 14.6. The highest BCUT2D eigenvalue weighted by molar-refractivity contribution is 7.05. The van der Waals surface area contributed by atoms with Crippen LogP contribution in [0.5, 0.6) is 5.75 Å². The molecule has 6 heteroatoms. The van der Waals surface area contributed by atoms with Crippen LogP contribution >= 0.6 is 23.1 Å². The maximum Gasteiger partial charge on any atom is 0.137 e. The van der Waals surface area contributed by atoms with Gasteiger partial charge in [0.1, 0.15) is 11.9 Å². The Kier molecular flexibility index (Phi) is 3.61. The van der Waals surface area contributed by atoms with Gasteiger partial charge in [0.2, 0.25) is 0 Å². The molecule has 90 valence electrons. The van der Waals surface area contributed by atoms with Crippen LogP contribution < -0.4 is 4.74 Å². The first kappa shape index (κ1) is 12.3. The molecule has 1 atom stereocenters. The lowest BCUT2D eigenvalue weighted by molar-refractivity contribution is 0.222. The lowest BCUT2D eigenvalue weighted by Crippen LogP contribution is -2.00. The standard InChI is InChI=1S/C11H11ClN2O2S/c1-6-11(17-14-13-6)10(15)7-3-4-8(12)9(5-7)16-2/h3-5,10,15H,1-2H3. The number of rotatable bonds is 3. The van der Waals surface area contributed by atoms with Crippen molar-refractivity contribution in [3.8, 4) is 5.75 Å². The number of hydrogen-bond donors (Lipinski definition) is 1. The van der Waals surface area contributed by atoms with Crippen LogP contribution in [0.1, 0.15) is 22.2 Å². The fourth-order valence-electron chi connectivity index (χ4n) is 1.49. The highest BCUT2D eigenvalue weighted by atomic mass is 35.5. The topological polar surface area (TPSA) is 55.2 Å². The molecular formula is C11H11ClN2O2S. The van der Waals surface area contributed by atoms with Crippen molar-refractivity contribution in [1.82, 2.24) is 9.59 Å². The van der Waals surface area contributed by atoms with Gasteiger partial charge in [-0.2, -0.15) is 0 Å². The van der Waals surface area contributed by atoms with Crippen molar-refractivity contribution in [3.05, 3.63) is 39.4 Å². The molecule has 0 saturated heterocycles. The van der Waals surface area contributed by atoms with Gasteiger partial charge < -0.3 is 9.84 Å². The van der Waals surface area contributed by atoms with Crippen molar-refractivity contribution in [2.24, 2.45) is 0 Å². The average molecular weight is 271 g/mol. The number of halogens is 1. The van der Waals surface area contributed by atoms with Gasteiger partial charge in [0.15, 0.2) is 0 Å². The number of methoxy groups -OCH3 is 1. The van der Waals surface area contributed by atoms with Crippen molar-refractivity contribution in [2.45, 2.75) is 13.0 Å². The van der Waals surface area contributed by atoms with Crippen molar-refractivity contribution in [3.63, 3.8) is 0 Å². The summed E-state index contributed by atoms with van der Waals surface area (Å²) in [6.07, 6.45) is -0.749. The third-order valence-corrected chi connectivity index (χ3v) is 3.62. The van der Waals surface area contributed by atoms with E-state index in [0.717, 1.165) is 10.6 Å². The molecule has 0 aliphatic rings. The second kappa shape index (κ2) is 5.00. The number of aliphatic hydroxyl groups is 1. The summed E-state index contributed by atoms with van der Waals surface area (Å²) in [4.78, 5) is 0.731. The molecule has 2 rings (SSSR count). The number of aromatic nitrogens is 2. The minimum atomic E-state index is -0.749. The van der Waals surface area contributed by atoms with Crippen LogP contribution in [0, 0.1) is 6.92 Å². The summed E-state index contributed by atoms with van der Waals surface area (Å²) < 4.78 is 8.92. The Morgan fingerprint density at radius 3 is 2.82 bits per heavy atom. The molecule has 0 aliphatic carbocycles. The molecule has 1 N–H and O–H groups in total. The Morgan fingerprint density at radius 2 is 2.24 bits per heavy atom. The Balaban J connectivity index is 2.38. The number of hydrogen-bond acceptors (Lipinski definition) is 5. The zero-order valence-corrected chi connectivity index (χ0v) is 10.9. The Morgan fingerprint density at radius 1 is 1.47 bits per heavy atom. The first-order valence-electron chi connectivity index (χ1n) is 4.94. The van der Waals surface area contributed by atoms with Crippen LogP contribution in [0.25, 0.3) is 0 Å². The molecule has 0 aliphatic heterocycles. The van der Waals surface area contributed by atoms with Crippen molar-refractivity contribution >= 4 is 23.1 Å². The summed E-state index contributed by atoms with van der Waals surface area (Å²) >= 11 is 7.11. The average Bonchev–Trinajstić information content (AvgIpc) is 2.75. The van der Waals surface area contributed by atoms with E-state index >= 15 is 0 Å². The van der Waals surface area contributed by atoms with Crippen LogP contribution in [0.15, 0.2) is 18.2 Å².